The third kappa shape index (κ3) is 2.78. The molecular formula is C13H14Cl2O. The summed E-state index contributed by atoms with van der Waals surface area (Å²) in [4.78, 5) is 11.7. The molecule has 0 N–H and O–H groups in total. The van der Waals surface area contributed by atoms with E-state index in [1.165, 1.54) is 0 Å². The minimum atomic E-state index is 0.186. The number of hydrogen-bond donors (Lipinski definition) is 0. The first kappa shape index (κ1) is 11.9. The largest absolute Gasteiger partial charge is 0.299 e. The molecule has 0 spiro atoms. The fraction of sp³-hybridized carbons (Fsp3) is 0.462. The smallest absolute Gasteiger partial charge is 0.136 e. The van der Waals surface area contributed by atoms with Gasteiger partial charge in [0, 0.05) is 12.3 Å². The van der Waals surface area contributed by atoms with E-state index in [2.05, 4.69) is 0 Å². The van der Waals surface area contributed by atoms with Crippen molar-refractivity contribution in [3.63, 3.8) is 0 Å². The highest BCUT2D eigenvalue weighted by Crippen LogP contribution is 2.27. The van der Waals surface area contributed by atoms with E-state index in [1.807, 2.05) is 12.1 Å². The third-order valence-corrected chi connectivity index (χ3v) is 3.89. The second kappa shape index (κ2) is 5.20. The molecular weight excluding hydrogens is 243 g/mol. The van der Waals surface area contributed by atoms with Gasteiger partial charge >= 0.3 is 0 Å². The molecule has 16 heavy (non-hydrogen) atoms. The monoisotopic (exact) mass is 256 g/mol. The van der Waals surface area contributed by atoms with E-state index >= 15 is 0 Å². The summed E-state index contributed by atoms with van der Waals surface area (Å²) in [5, 5.41) is 1.14. The molecule has 3 heteroatoms. The first-order valence-corrected chi connectivity index (χ1v) is 6.39. The molecule has 1 aliphatic rings. The number of Topliss-reactive ketones (excluding diaryl/α,β-unsaturated/α-hetero) is 1. The molecule has 1 saturated carbocycles. The molecule has 0 amide bonds. The molecule has 1 unspecified atom stereocenters. The van der Waals surface area contributed by atoms with Crippen LogP contribution in [-0.2, 0) is 11.2 Å². The van der Waals surface area contributed by atoms with E-state index in [0.717, 1.165) is 37.7 Å². The van der Waals surface area contributed by atoms with Gasteiger partial charge in [0.25, 0.3) is 0 Å². The van der Waals surface area contributed by atoms with Crippen molar-refractivity contribution in [3.8, 4) is 0 Å². The highest BCUT2D eigenvalue weighted by atomic mass is 35.5. The van der Waals surface area contributed by atoms with E-state index < -0.39 is 0 Å². The van der Waals surface area contributed by atoms with Crippen molar-refractivity contribution in [1.82, 2.24) is 0 Å². The lowest BCUT2D eigenvalue weighted by molar-refractivity contribution is -0.124. The first-order chi connectivity index (χ1) is 7.66. The fourth-order valence-electron chi connectivity index (χ4n) is 2.22. The molecule has 1 nitrogen and oxygen atoms in total. The lowest BCUT2D eigenvalue weighted by atomic mass is 9.84. The second-order valence-electron chi connectivity index (χ2n) is 4.36. The average molecular weight is 257 g/mol. The zero-order valence-corrected chi connectivity index (χ0v) is 10.5. The van der Waals surface area contributed by atoms with Crippen molar-refractivity contribution in [1.29, 1.82) is 0 Å². The van der Waals surface area contributed by atoms with Crippen LogP contribution in [0.5, 0.6) is 0 Å². The number of carbonyl (C=O) groups excluding carboxylic acids is 1. The van der Waals surface area contributed by atoms with Gasteiger partial charge in [0.1, 0.15) is 5.78 Å². The molecule has 1 atom stereocenters. The number of benzene rings is 1. The molecule has 0 bridgehead atoms. The van der Waals surface area contributed by atoms with Gasteiger partial charge in [-0.05, 0) is 37.0 Å². The summed E-state index contributed by atoms with van der Waals surface area (Å²) < 4.78 is 0. The van der Waals surface area contributed by atoms with Gasteiger partial charge in [-0.3, -0.25) is 4.79 Å². The van der Waals surface area contributed by atoms with Crippen LogP contribution in [0.1, 0.15) is 31.2 Å². The minimum Gasteiger partial charge on any atom is -0.299 e. The Morgan fingerprint density at radius 2 is 2.00 bits per heavy atom. The van der Waals surface area contributed by atoms with E-state index in [4.69, 9.17) is 23.2 Å². The van der Waals surface area contributed by atoms with Crippen molar-refractivity contribution in [2.24, 2.45) is 5.92 Å². The predicted octanol–water partition coefficient (Wildman–Crippen LogP) is 4.30. The van der Waals surface area contributed by atoms with Gasteiger partial charge in [0.2, 0.25) is 0 Å². The normalized spacial score (nSPS) is 21.1. The lowest BCUT2D eigenvalue weighted by Gasteiger charge is -2.20. The molecule has 0 heterocycles. The highest BCUT2D eigenvalue weighted by Gasteiger charge is 2.22. The summed E-state index contributed by atoms with van der Waals surface area (Å²) >= 11 is 11.8. The number of halogens is 2. The van der Waals surface area contributed by atoms with Gasteiger partial charge in [0.15, 0.2) is 0 Å². The van der Waals surface area contributed by atoms with Crippen molar-refractivity contribution < 1.29 is 4.79 Å². The molecule has 1 aromatic carbocycles. The predicted molar refractivity (Wildman–Crippen MR) is 67.1 cm³/mol. The zero-order chi connectivity index (χ0) is 11.5. The molecule has 0 radical (unpaired) electrons. The Morgan fingerprint density at radius 1 is 1.19 bits per heavy atom. The number of carbonyl (C=O) groups is 1. The molecule has 1 aliphatic carbocycles. The summed E-state index contributed by atoms with van der Waals surface area (Å²) in [6.45, 7) is 0. The van der Waals surface area contributed by atoms with Crippen LogP contribution in [0, 0.1) is 5.92 Å². The maximum Gasteiger partial charge on any atom is 0.136 e. The summed E-state index contributed by atoms with van der Waals surface area (Å²) in [5.41, 5.74) is 1.11. The zero-order valence-electron chi connectivity index (χ0n) is 9.01. The van der Waals surface area contributed by atoms with Crippen LogP contribution in [0.25, 0.3) is 0 Å². The van der Waals surface area contributed by atoms with Gasteiger partial charge in [-0.1, -0.05) is 35.7 Å². The molecule has 2 rings (SSSR count). The Balaban J connectivity index is 2.08. The van der Waals surface area contributed by atoms with E-state index in [-0.39, 0.29) is 5.92 Å². The van der Waals surface area contributed by atoms with Gasteiger partial charge in [0.05, 0.1) is 10.0 Å². The van der Waals surface area contributed by atoms with Gasteiger partial charge in [-0.15, -0.1) is 0 Å². The van der Waals surface area contributed by atoms with E-state index in [1.54, 1.807) is 6.07 Å². The Morgan fingerprint density at radius 3 is 2.69 bits per heavy atom. The molecule has 0 saturated heterocycles. The van der Waals surface area contributed by atoms with Crippen LogP contribution in [0.4, 0.5) is 0 Å². The number of ketones is 1. The minimum absolute atomic E-state index is 0.186. The maximum absolute atomic E-state index is 11.7. The van der Waals surface area contributed by atoms with Crippen LogP contribution in [0.15, 0.2) is 18.2 Å². The van der Waals surface area contributed by atoms with Crippen LogP contribution < -0.4 is 0 Å². The van der Waals surface area contributed by atoms with Crippen LogP contribution in [0.2, 0.25) is 10.0 Å². The Labute approximate surface area is 106 Å². The quantitative estimate of drug-likeness (QED) is 0.772. The average Bonchev–Trinajstić information content (AvgIpc) is 2.27. The third-order valence-electron chi connectivity index (χ3n) is 3.15. The number of rotatable bonds is 2. The molecule has 0 aromatic heterocycles. The summed E-state index contributed by atoms with van der Waals surface area (Å²) in [6, 6.07) is 5.62. The Kier molecular flexibility index (Phi) is 3.88. The van der Waals surface area contributed by atoms with Gasteiger partial charge in [-0.2, -0.15) is 0 Å². The molecule has 1 fully saturated rings. The second-order valence-corrected chi connectivity index (χ2v) is 5.18. The summed E-state index contributed by atoms with van der Waals surface area (Å²) in [7, 11) is 0. The SMILES string of the molecule is O=C1CCCCC1Cc1ccc(Cl)c(Cl)c1. The molecule has 0 aliphatic heterocycles. The standard InChI is InChI=1S/C13H14Cl2O/c14-11-6-5-9(8-12(11)15)7-10-3-1-2-4-13(10)16/h5-6,8,10H,1-4,7H2. The Hall–Kier alpha value is -0.530. The van der Waals surface area contributed by atoms with Gasteiger partial charge in [-0.25, -0.2) is 0 Å². The lowest BCUT2D eigenvalue weighted by Crippen LogP contribution is -2.20. The van der Waals surface area contributed by atoms with Crippen molar-refractivity contribution in [3.05, 3.63) is 33.8 Å². The number of hydrogen-bond acceptors (Lipinski definition) is 1. The highest BCUT2D eigenvalue weighted by molar-refractivity contribution is 6.42. The van der Waals surface area contributed by atoms with Crippen LogP contribution in [-0.4, -0.2) is 5.78 Å². The first-order valence-electron chi connectivity index (χ1n) is 5.63. The van der Waals surface area contributed by atoms with E-state index in [9.17, 15) is 4.79 Å². The van der Waals surface area contributed by atoms with Crippen molar-refractivity contribution in [2.45, 2.75) is 32.1 Å². The van der Waals surface area contributed by atoms with Crippen molar-refractivity contribution >= 4 is 29.0 Å². The Bertz CT molecular complexity index is 401. The maximum atomic E-state index is 11.7. The van der Waals surface area contributed by atoms with Crippen LogP contribution >= 0.6 is 23.2 Å². The molecule has 1 aromatic rings. The van der Waals surface area contributed by atoms with E-state index in [0.29, 0.717) is 15.8 Å². The fourth-order valence-corrected chi connectivity index (χ4v) is 2.54. The van der Waals surface area contributed by atoms with Crippen LogP contribution in [0.3, 0.4) is 0 Å². The summed E-state index contributed by atoms with van der Waals surface area (Å²) in [6.07, 6.45) is 4.77. The molecule has 86 valence electrons. The van der Waals surface area contributed by atoms with Crippen molar-refractivity contribution in [2.75, 3.05) is 0 Å². The summed E-state index contributed by atoms with van der Waals surface area (Å²) in [5.74, 6) is 0.586. The van der Waals surface area contributed by atoms with Gasteiger partial charge < -0.3 is 0 Å². The topological polar surface area (TPSA) is 17.1 Å².